The molecule has 0 aliphatic rings. The molecule has 0 heterocycles. The average molecular weight is 263 g/mol. The Morgan fingerprint density at radius 3 is 2.44 bits per heavy atom. The van der Waals surface area contributed by atoms with E-state index in [4.69, 9.17) is 10.5 Å². The van der Waals surface area contributed by atoms with Gasteiger partial charge in [-0.3, -0.25) is 0 Å². The Morgan fingerprint density at radius 2 is 2.00 bits per heavy atom. The molecule has 0 saturated heterocycles. The van der Waals surface area contributed by atoms with Crippen molar-refractivity contribution >= 4 is 0 Å². The molecule has 102 valence electrons. The first-order chi connectivity index (χ1) is 8.27. The highest BCUT2D eigenvalue weighted by molar-refractivity contribution is 5.34. The fourth-order valence-corrected chi connectivity index (χ4v) is 1.74. The minimum absolute atomic E-state index is 0.00673. The summed E-state index contributed by atoms with van der Waals surface area (Å²) in [5, 5.41) is 10.0. The zero-order valence-electron chi connectivity index (χ0n) is 10.2. The van der Waals surface area contributed by atoms with Gasteiger partial charge in [0.1, 0.15) is 5.75 Å². The van der Waals surface area contributed by atoms with Crippen LogP contribution in [0.4, 0.5) is 13.2 Å². The van der Waals surface area contributed by atoms with Crippen LogP contribution in [-0.4, -0.2) is 24.4 Å². The van der Waals surface area contributed by atoms with E-state index < -0.39 is 17.8 Å². The number of nitrogens with two attached hydrogens (primary N) is 1. The number of alkyl halides is 3. The highest BCUT2D eigenvalue weighted by Crippen LogP contribution is 2.42. The van der Waals surface area contributed by atoms with Gasteiger partial charge >= 0.3 is 6.18 Å². The van der Waals surface area contributed by atoms with Crippen molar-refractivity contribution in [1.82, 2.24) is 0 Å². The van der Waals surface area contributed by atoms with Crippen LogP contribution in [0.2, 0.25) is 0 Å². The van der Waals surface area contributed by atoms with Crippen LogP contribution >= 0.6 is 0 Å². The van der Waals surface area contributed by atoms with E-state index in [1.807, 2.05) is 0 Å². The second-order valence-electron chi connectivity index (χ2n) is 4.01. The van der Waals surface area contributed by atoms with Crippen molar-refractivity contribution in [3.05, 3.63) is 29.8 Å². The smallest absolute Gasteiger partial charge is 0.423 e. The zero-order chi connectivity index (χ0) is 14.0. The highest BCUT2D eigenvalue weighted by atomic mass is 19.4. The molecule has 1 rings (SSSR count). The van der Waals surface area contributed by atoms with Crippen molar-refractivity contribution in [2.75, 3.05) is 7.11 Å². The van der Waals surface area contributed by atoms with E-state index in [-0.39, 0.29) is 17.7 Å². The molecule has 3 nitrogen and oxygen atoms in total. The molecular formula is C12H16F3NO2. The molecule has 0 aliphatic carbocycles. The van der Waals surface area contributed by atoms with E-state index in [2.05, 4.69) is 0 Å². The van der Waals surface area contributed by atoms with E-state index in [0.29, 0.717) is 0 Å². The Labute approximate surface area is 103 Å². The molecule has 0 amide bonds. The van der Waals surface area contributed by atoms with Gasteiger partial charge in [-0.1, -0.05) is 19.1 Å². The monoisotopic (exact) mass is 263 g/mol. The molecule has 18 heavy (non-hydrogen) atoms. The molecule has 1 aromatic rings. The van der Waals surface area contributed by atoms with Crippen LogP contribution in [0.3, 0.4) is 0 Å². The van der Waals surface area contributed by atoms with Crippen molar-refractivity contribution in [2.45, 2.75) is 31.2 Å². The molecule has 0 saturated carbocycles. The van der Waals surface area contributed by atoms with Crippen molar-refractivity contribution in [3.63, 3.8) is 0 Å². The SMILES string of the molecule is CCC(N)C(O)(c1cccc(OC)c1)C(F)(F)F. The number of ether oxygens (including phenoxy) is 1. The van der Waals surface area contributed by atoms with Gasteiger partial charge in [-0.25, -0.2) is 0 Å². The van der Waals surface area contributed by atoms with Crippen LogP contribution in [0.15, 0.2) is 24.3 Å². The van der Waals surface area contributed by atoms with Crippen LogP contribution in [0, 0.1) is 0 Å². The number of aliphatic hydroxyl groups is 1. The quantitative estimate of drug-likeness (QED) is 0.875. The lowest BCUT2D eigenvalue weighted by Crippen LogP contribution is -2.55. The second kappa shape index (κ2) is 5.16. The second-order valence-corrected chi connectivity index (χ2v) is 4.01. The summed E-state index contributed by atoms with van der Waals surface area (Å²) in [6, 6.07) is 3.77. The number of hydrogen-bond acceptors (Lipinski definition) is 3. The maximum atomic E-state index is 13.1. The molecule has 2 unspecified atom stereocenters. The Hall–Kier alpha value is -1.27. The maximum Gasteiger partial charge on any atom is 0.423 e. The fourth-order valence-electron chi connectivity index (χ4n) is 1.74. The van der Waals surface area contributed by atoms with E-state index in [1.54, 1.807) is 0 Å². The van der Waals surface area contributed by atoms with Gasteiger partial charge in [-0.2, -0.15) is 13.2 Å². The number of hydrogen-bond donors (Lipinski definition) is 2. The van der Waals surface area contributed by atoms with E-state index >= 15 is 0 Å². The molecular weight excluding hydrogens is 247 g/mol. The molecule has 1 aromatic carbocycles. The van der Waals surface area contributed by atoms with E-state index in [1.165, 1.54) is 32.2 Å². The largest absolute Gasteiger partial charge is 0.497 e. The molecule has 2 atom stereocenters. The van der Waals surface area contributed by atoms with E-state index in [0.717, 1.165) is 6.07 Å². The predicted octanol–water partition coefficient (Wildman–Crippen LogP) is 2.18. The van der Waals surface area contributed by atoms with Crippen LogP contribution in [0.1, 0.15) is 18.9 Å². The number of halogens is 3. The van der Waals surface area contributed by atoms with Crippen LogP contribution in [-0.2, 0) is 5.60 Å². The Kier molecular flexibility index (Phi) is 4.24. The van der Waals surface area contributed by atoms with Gasteiger partial charge in [-0.15, -0.1) is 0 Å². The topological polar surface area (TPSA) is 55.5 Å². The third-order valence-corrected chi connectivity index (χ3v) is 2.92. The Balaban J connectivity index is 3.34. The number of methoxy groups -OCH3 is 1. The van der Waals surface area contributed by atoms with Crippen LogP contribution < -0.4 is 10.5 Å². The lowest BCUT2D eigenvalue weighted by atomic mass is 9.84. The molecule has 0 spiro atoms. The summed E-state index contributed by atoms with van der Waals surface area (Å²) in [7, 11) is 1.34. The van der Waals surface area contributed by atoms with Crippen LogP contribution in [0.25, 0.3) is 0 Å². The molecule has 0 fully saturated rings. The van der Waals surface area contributed by atoms with Gasteiger partial charge in [0.05, 0.1) is 7.11 Å². The summed E-state index contributed by atoms with van der Waals surface area (Å²) in [5.74, 6) is 0.235. The first-order valence-electron chi connectivity index (χ1n) is 5.46. The van der Waals surface area contributed by atoms with Gasteiger partial charge in [-0.05, 0) is 24.1 Å². The first-order valence-corrected chi connectivity index (χ1v) is 5.46. The van der Waals surface area contributed by atoms with Crippen molar-refractivity contribution in [1.29, 1.82) is 0 Å². The summed E-state index contributed by atoms with van der Waals surface area (Å²) in [6.45, 7) is 1.49. The van der Waals surface area contributed by atoms with Gasteiger partial charge < -0.3 is 15.6 Å². The molecule has 0 aliphatic heterocycles. The summed E-state index contributed by atoms with van der Waals surface area (Å²) < 4.78 is 44.1. The average Bonchev–Trinajstić information content (AvgIpc) is 2.35. The highest BCUT2D eigenvalue weighted by Gasteiger charge is 2.58. The van der Waals surface area contributed by atoms with Crippen molar-refractivity contribution in [2.24, 2.45) is 5.73 Å². The predicted molar refractivity (Wildman–Crippen MR) is 61.2 cm³/mol. The van der Waals surface area contributed by atoms with Crippen molar-refractivity contribution < 1.29 is 23.0 Å². The lowest BCUT2D eigenvalue weighted by molar-refractivity contribution is -0.274. The van der Waals surface area contributed by atoms with Crippen molar-refractivity contribution in [3.8, 4) is 5.75 Å². The molecule has 6 heteroatoms. The number of rotatable bonds is 4. The molecule has 0 aromatic heterocycles. The normalized spacial score (nSPS) is 17.1. The van der Waals surface area contributed by atoms with Gasteiger partial charge in [0.15, 0.2) is 0 Å². The number of benzene rings is 1. The summed E-state index contributed by atoms with van der Waals surface area (Å²) >= 11 is 0. The standard InChI is InChI=1S/C12H16F3NO2/c1-3-10(16)11(17,12(13,14)15)8-5-4-6-9(7-8)18-2/h4-7,10,17H,3,16H2,1-2H3. The minimum atomic E-state index is -4.85. The zero-order valence-corrected chi connectivity index (χ0v) is 10.2. The molecule has 0 bridgehead atoms. The lowest BCUT2D eigenvalue weighted by Gasteiger charge is -2.35. The van der Waals surface area contributed by atoms with Gasteiger partial charge in [0.25, 0.3) is 0 Å². The third-order valence-electron chi connectivity index (χ3n) is 2.92. The van der Waals surface area contributed by atoms with Gasteiger partial charge in [0.2, 0.25) is 5.60 Å². The van der Waals surface area contributed by atoms with Crippen LogP contribution in [0.5, 0.6) is 5.75 Å². The summed E-state index contributed by atoms with van der Waals surface area (Å²) in [4.78, 5) is 0. The maximum absolute atomic E-state index is 13.1. The fraction of sp³-hybridized carbons (Fsp3) is 0.500. The Morgan fingerprint density at radius 1 is 1.39 bits per heavy atom. The molecule has 3 N–H and O–H groups in total. The summed E-state index contributed by atoms with van der Waals surface area (Å²) in [5.41, 5.74) is 2.06. The third kappa shape index (κ3) is 2.44. The van der Waals surface area contributed by atoms with Gasteiger partial charge in [0, 0.05) is 6.04 Å². The molecule has 0 radical (unpaired) electrons. The minimum Gasteiger partial charge on any atom is -0.497 e. The Bertz CT molecular complexity index is 409. The van der Waals surface area contributed by atoms with E-state index in [9.17, 15) is 18.3 Å². The summed E-state index contributed by atoms with van der Waals surface area (Å²) in [6.07, 6.45) is -4.86. The first kappa shape index (κ1) is 14.8.